The van der Waals surface area contributed by atoms with Gasteiger partial charge in [-0.25, -0.2) is 9.78 Å². The number of carbonyl (C=O) groups is 2. The van der Waals surface area contributed by atoms with Crippen LogP contribution in [0.2, 0.25) is 0 Å². The van der Waals surface area contributed by atoms with Gasteiger partial charge < -0.3 is 14.1 Å². The number of ether oxygens (including phenoxy) is 1. The van der Waals surface area contributed by atoms with E-state index in [4.69, 9.17) is 9.15 Å². The first-order valence-corrected chi connectivity index (χ1v) is 8.55. The van der Waals surface area contributed by atoms with Crippen molar-refractivity contribution in [1.29, 1.82) is 0 Å². The van der Waals surface area contributed by atoms with Gasteiger partial charge in [0.25, 0.3) is 5.91 Å². The average molecular weight is 364 g/mol. The van der Waals surface area contributed by atoms with E-state index in [1.54, 1.807) is 18.0 Å². The summed E-state index contributed by atoms with van der Waals surface area (Å²) in [5.74, 6) is -0.615. The van der Waals surface area contributed by atoms with Crippen LogP contribution in [0.1, 0.15) is 24.4 Å². The van der Waals surface area contributed by atoms with Gasteiger partial charge in [0.15, 0.2) is 12.2 Å². The highest BCUT2D eigenvalue weighted by Gasteiger charge is 2.18. The Labute approximate surface area is 157 Å². The molecule has 0 fully saturated rings. The van der Waals surface area contributed by atoms with Crippen LogP contribution in [-0.2, 0) is 14.3 Å². The predicted octanol–water partition coefficient (Wildman–Crippen LogP) is 3.60. The predicted molar refractivity (Wildman–Crippen MR) is 102 cm³/mol. The topological polar surface area (TPSA) is 72.6 Å². The van der Waals surface area contributed by atoms with Gasteiger partial charge in [0.1, 0.15) is 5.52 Å². The summed E-state index contributed by atoms with van der Waals surface area (Å²) in [6.45, 7) is 1.59. The Morgan fingerprint density at radius 3 is 2.59 bits per heavy atom. The number of oxazole rings is 1. The van der Waals surface area contributed by atoms with Gasteiger partial charge in [0.2, 0.25) is 5.89 Å². The maximum Gasteiger partial charge on any atom is 0.331 e. The summed E-state index contributed by atoms with van der Waals surface area (Å²) < 4.78 is 10.5. The smallest absolute Gasteiger partial charge is 0.331 e. The minimum atomic E-state index is -0.633. The molecule has 0 saturated heterocycles. The molecule has 6 heteroatoms. The number of benzene rings is 2. The average Bonchev–Trinajstić information content (AvgIpc) is 3.13. The van der Waals surface area contributed by atoms with Gasteiger partial charge in [0.05, 0.1) is 6.04 Å². The Hall–Kier alpha value is -3.41. The summed E-state index contributed by atoms with van der Waals surface area (Å²) in [7, 11) is 1.68. The van der Waals surface area contributed by atoms with Crippen LogP contribution in [0.15, 0.2) is 65.1 Å². The summed E-state index contributed by atoms with van der Waals surface area (Å²) >= 11 is 0. The van der Waals surface area contributed by atoms with Crippen molar-refractivity contribution in [2.24, 2.45) is 0 Å². The summed E-state index contributed by atoms with van der Waals surface area (Å²) in [5, 5.41) is 0. The van der Waals surface area contributed by atoms with Gasteiger partial charge in [-0.2, -0.15) is 0 Å². The Kier molecular flexibility index (Phi) is 5.66. The molecular formula is C21H20N2O4. The highest BCUT2D eigenvalue weighted by molar-refractivity contribution is 5.89. The van der Waals surface area contributed by atoms with Crippen LogP contribution in [-0.4, -0.2) is 35.4 Å². The number of esters is 1. The van der Waals surface area contributed by atoms with Crippen molar-refractivity contribution in [2.45, 2.75) is 13.0 Å². The molecule has 3 aromatic rings. The van der Waals surface area contributed by atoms with Crippen molar-refractivity contribution in [3.8, 4) is 0 Å². The van der Waals surface area contributed by atoms with Crippen LogP contribution >= 0.6 is 0 Å². The van der Waals surface area contributed by atoms with Crippen molar-refractivity contribution in [3.05, 3.63) is 72.1 Å². The second-order valence-electron chi connectivity index (χ2n) is 6.05. The Morgan fingerprint density at radius 1 is 1.15 bits per heavy atom. The van der Waals surface area contributed by atoms with Crippen LogP contribution in [0, 0.1) is 0 Å². The van der Waals surface area contributed by atoms with E-state index < -0.39 is 5.97 Å². The molecule has 1 amide bonds. The molecule has 0 saturated carbocycles. The van der Waals surface area contributed by atoms with Crippen molar-refractivity contribution >= 4 is 29.1 Å². The van der Waals surface area contributed by atoms with Gasteiger partial charge in [0, 0.05) is 19.2 Å². The minimum absolute atomic E-state index is 0.118. The molecule has 2 aromatic carbocycles. The number of para-hydroxylation sites is 2. The first-order valence-electron chi connectivity index (χ1n) is 8.55. The van der Waals surface area contributed by atoms with Crippen molar-refractivity contribution in [3.63, 3.8) is 0 Å². The van der Waals surface area contributed by atoms with Crippen molar-refractivity contribution < 1.29 is 18.7 Å². The van der Waals surface area contributed by atoms with E-state index in [1.165, 1.54) is 12.2 Å². The van der Waals surface area contributed by atoms with E-state index in [0.717, 1.165) is 5.56 Å². The monoisotopic (exact) mass is 364 g/mol. The van der Waals surface area contributed by atoms with Gasteiger partial charge in [-0.15, -0.1) is 0 Å². The van der Waals surface area contributed by atoms with Gasteiger partial charge in [-0.3, -0.25) is 4.79 Å². The molecule has 0 bridgehead atoms. The zero-order chi connectivity index (χ0) is 19.2. The van der Waals surface area contributed by atoms with E-state index in [9.17, 15) is 9.59 Å². The Bertz CT molecular complexity index is 929. The molecular weight excluding hydrogens is 344 g/mol. The molecule has 6 nitrogen and oxygen atoms in total. The molecule has 0 spiro atoms. The highest BCUT2D eigenvalue weighted by Crippen LogP contribution is 2.18. The van der Waals surface area contributed by atoms with Gasteiger partial charge in [-0.05, 0) is 24.6 Å². The Balaban J connectivity index is 1.52. The molecule has 0 radical (unpaired) electrons. The first-order chi connectivity index (χ1) is 13.0. The molecule has 0 aliphatic carbocycles. The third-order valence-corrected chi connectivity index (χ3v) is 4.27. The zero-order valence-electron chi connectivity index (χ0n) is 15.2. The van der Waals surface area contributed by atoms with Crippen LogP contribution in [0.4, 0.5) is 0 Å². The van der Waals surface area contributed by atoms with E-state index in [-0.39, 0.29) is 18.6 Å². The first kappa shape index (κ1) is 18.4. The molecule has 1 atom stereocenters. The number of carbonyl (C=O) groups excluding carboxylic acids is 2. The summed E-state index contributed by atoms with van der Waals surface area (Å²) in [6.07, 6.45) is 2.61. The van der Waals surface area contributed by atoms with Gasteiger partial charge >= 0.3 is 5.97 Å². The third kappa shape index (κ3) is 4.61. The second-order valence-corrected chi connectivity index (χ2v) is 6.05. The van der Waals surface area contributed by atoms with E-state index in [0.29, 0.717) is 17.0 Å². The lowest BCUT2D eigenvalue weighted by Crippen LogP contribution is -2.33. The lowest BCUT2D eigenvalue weighted by atomic mass is 10.1. The number of fused-ring (bicyclic) bond motifs is 1. The molecule has 138 valence electrons. The number of hydrogen-bond donors (Lipinski definition) is 0. The summed E-state index contributed by atoms with van der Waals surface area (Å²) in [5.41, 5.74) is 2.35. The molecule has 0 aliphatic rings. The molecule has 1 aromatic heterocycles. The quantitative estimate of drug-likeness (QED) is 0.494. The fraction of sp³-hybridized carbons (Fsp3) is 0.190. The van der Waals surface area contributed by atoms with Crippen LogP contribution in [0.5, 0.6) is 0 Å². The number of rotatable bonds is 6. The van der Waals surface area contributed by atoms with Crippen molar-refractivity contribution in [1.82, 2.24) is 9.88 Å². The lowest BCUT2D eigenvalue weighted by Gasteiger charge is -2.25. The third-order valence-electron chi connectivity index (χ3n) is 4.27. The minimum Gasteiger partial charge on any atom is -0.452 e. The fourth-order valence-electron chi connectivity index (χ4n) is 2.55. The molecule has 0 aliphatic heterocycles. The lowest BCUT2D eigenvalue weighted by molar-refractivity contribution is -0.148. The molecule has 1 unspecified atom stereocenters. The van der Waals surface area contributed by atoms with Crippen molar-refractivity contribution in [2.75, 3.05) is 13.7 Å². The maximum atomic E-state index is 12.2. The molecule has 1 heterocycles. The second kappa shape index (κ2) is 8.31. The highest BCUT2D eigenvalue weighted by atomic mass is 16.5. The molecule has 0 N–H and O–H groups in total. The summed E-state index contributed by atoms with van der Waals surface area (Å²) in [6, 6.07) is 16.8. The van der Waals surface area contributed by atoms with Crippen LogP contribution in [0.3, 0.4) is 0 Å². The molecule has 27 heavy (non-hydrogen) atoms. The summed E-state index contributed by atoms with van der Waals surface area (Å²) in [4.78, 5) is 29.9. The largest absolute Gasteiger partial charge is 0.452 e. The number of amides is 1. The number of likely N-dealkylation sites (N-methyl/N-ethyl adjacent to an activating group) is 1. The fourth-order valence-corrected chi connectivity index (χ4v) is 2.55. The zero-order valence-corrected chi connectivity index (χ0v) is 15.2. The van der Waals surface area contributed by atoms with Gasteiger partial charge in [-0.1, -0.05) is 42.5 Å². The van der Waals surface area contributed by atoms with Crippen LogP contribution < -0.4 is 0 Å². The number of nitrogens with zero attached hydrogens (tertiary/aromatic N) is 2. The normalized spacial score (nSPS) is 12.2. The van der Waals surface area contributed by atoms with E-state index in [2.05, 4.69) is 4.98 Å². The maximum absolute atomic E-state index is 12.2. The standard InChI is InChI=1S/C21H20N2O4/c1-15(16-8-4-3-5-9-16)23(2)20(24)14-26-21(25)13-12-19-22-17-10-6-7-11-18(17)27-19/h3-13,15H,14H2,1-2H3. The van der Waals surface area contributed by atoms with E-state index in [1.807, 2.05) is 55.5 Å². The SMILES string of the molecule is CC(c1ccccc1)N(C)C(=O)COC(=O)C=Cc1nc2ccccc2o1. The molecule has 3 rings (SSSR count). The number of hydrogen-bond acceptors (Lipinski definition) is 5. The van der Waals surface area contributed by atoms with E-state index >= 15 is 0 Å². The Morgan fingerprint density at radius 2 is 1.85 bits per heavy atom. The van der Waals surface area contributed by atoms with Crippen LogP contribution in [0.25, 0.3) is 17.2 Å². The number of aromatic nitrogens is 1.